The lowest BCUT2D eigenvalue weighted by atomic mass is 10.3. The number of aromatic nitrogens is 4. The standard InChI is InChI=1S/C15H15FN6O/c16-10-1-3-11(4-2-10)18-13-12-9-17-21-14(12)20-15(19-13)22-5-7-23-8-6-22/h1-4,9H,5-8H2,(H2,17,18,19,20,21). The Kier molecular flexibility index (Phi) is 3.51. The van der Waals surface area contributed by atoms with E-state index >= 15 is 0 Å². The van der Waals surface area contributed by atoms with E-state index in [0.29, 0.717) is 30.6 Å². The Hall–Kier alpha value is -2.74. The number of aromatic amines is 1. The zero-order chi connectivity index (χ0) is 15.6. The molecule has 0 unspecified atom stereocenters. The van der Waals surface area contributed by atoms with E-state index in [1.165, 1.54) is 12.1 Å². The number of benzene rings is 1. The Morgan fingerprint density at radius 2 is 1.91 bits per heavy atom. The van der Waals surface area contributed by atoms with Crippen LogP contribution < -0.4 is 10.2 Å². The van der Waals surface area contributed by atoms with Crippen molar-refractivity contribution in [2.45, 2.75) is 0 Å². The molecule has 0 amide bonds. The summed E-state index contributed by atoms with van der Waals surface area (Å²) in [6.07, 6.45) is 1.67. The first kappa shape index (κ1) is 13.9. The van der Waals surface area contributed by atoms with Gasteiger partial charge in [-0.3, -0.25) is 5.10 Å². The first-order valence-corrected chi connectivity index (χ1v) is 7.36. The maximum Gasteiger partial charge on any atom is 0.229 e. The maximum absolute atomic E-state index is 13.0. The monoisotopic (exact) mass is 314 g/mol. The molecule has 3 heterocycles. The first-order chi connectivity index (χ1) is 11.3. The van der Waals surface area contributed by atoms with Gasteiger partial charge < -0.3 is 15.0 Å². The number of nitrogens with one attached hydrogen (secondary N) is 2. The molecule has 3 aromatic rings. The molecule has 0 atom stereocenters. The molecule has 8 heteroatoms. The van der Waals surface area contributed by atoms with E-state index in [-0.39, 0.29) is 5.82 Å². The largest absolute Gasteiger partial charge is 0.378 e. The zero-order valence-electron chi connectivity index (χ0n) is 12.3. The van der Waals surface area contributed by atoms with Crippen molar-refractivity contribution in [2.24, 2.45) is 0 Å². The van der Waals surface area contributed by atoms with Gasteiger partial charge in [-0.1, -0.05) is 0 Å². The number of fused-ring (bicyclic) bond motifs is 1. The van der Waals surface area contributed by atoms with E-state index in [2.05, 4.69) is 30.4 Å². The van der Waals surface area contributed by atoms with E-state index in [1.807, 2.05) is 0 Å². The van der Waals surface area contributed by atoms with Gasteiger partial charge in [-0.2, -0.15) is 15.1 Å². The van der Waals surface area contributed by atoms with Crippen molar-refractivity contribution in [3.8, 4) is 0 Å². The first-order valence-electron chi connectivity index (χ1n) is 7.36. The fourth-order valence-electron chi connectivity index (χ4n) is 2.49. The minimum atomic E-state index is -0.277. The summed E-state index contributed by atoms with van der Waals surface area (Å²) in [7, 11) is 0. The Morgan fingerprint density at radius 1 is 1.13 bits per heavy atom. The zero-order valence-corrected chi connectivity index (χ0v) is 12.3. The van der Waals surface area contributed by atoms with Crippen LogP contribution in [0.2, 0.25) is 0 Å². The van der Waals surface area contributed by atoms with Crippen LogP contribution in [0.4, 0.5) is 21.8 Å². The highest BCUT2D eigenvalue weighted by Crippen LogP contribution is 2.25. The molecular formula is C15H15FN6O. The molecule has 0 spiro atoms. The van der Waals surface area contributed by atoms with Gasteiger partial charge in [0.2, 0.25) is 5.95 Å². The number of nitrogens with zero attached hydrogens (tertiary/aromatic N) is 4. The van der Waals surface area contributed by atoms with Crippen LogP contribution in [-0.4, -0.2) is 46.5 Å². The summed E-state index contributed by atoms with van der Waals surface area (Å²) in [5.41, 5.74) is 1.41. The predicted octanol–water partition coefficient (Wildman–Crippen LogP) is 2.07. The van der Waals surface area contributed by atoms with E-state index in [1.54, 1.807) is 18.3 Å². The number of halogens is 1. The molecule has 1 fully saturated rings. The second-order valence-corrected chi connectivity index (χ2v) is 5.24. The van der Waals surface area contributed by atoms with Gasteiger partial charge in [0.1, 0.15) is 11.6 Å². The Balaban J connectivity index is 1.71. The van der Waals surface area contributed by atoms with Crippen molar-refractivity contribution < 1.29 is 9.13 Å². The van der Waals surface area contributed by atoms with E-state index in [9.17, 15) is 4.39 Å². The van der Waals surface area contributed by atoms with Gasteiger partial charge in [-0.25, -0.2) is 4.39 Å². The van der Waals surface area contributed by atoms with E-state index in [0.717, 1.165) is 24.2 Å². The summed E-state index contributed by atoms with van der Waals surface area (Å²) < 4.78 is 18.4. The molecule has 4 rings (SSSR count). The van der Waals surface area contributed by atoms with Gasteiger partial charge in [0.25, 0.3) is 0 Å². The van der Waals surface area contributed by atoms with Crippen LogP contribution in [0.1, 0.15) is 0 Å². The van der Waals surface area contributed by atoms with Crippen LogP contribution in [0.3, 0.4) is 0 Å². The Labute approximate surface area is 131 Å². The molecular weight excluding hydrogens is 299 g/mol. The van der Waals surface area contributed by atoms with Gasteiger partial charge >= 0.3 is 0 Å². The summed E-state index contributed by atoms with van der Waals surface area (Å²) in [5.74, 6) is 0.979. The van der Waals surface area contributed by atoms with Crippen molar-refractivity contribution >= 4 is 28.5 Å². The van der Waals surface area contributed by atoms with Crippen LogP contribution in [0.5, 0.6) is 0 Å². The van der Waals surface area contributed by atoms with Crippen molar-refractivity contribution in [3.63, 3.8) is 0 Å². The maximum atomic E-state index is 13.0. The number of ether oxygens (including phenoxy) is 1. The van der Waals surface area contributed by atoms with Crippen LogP contribution >= 0.6 is 0 Å². The third-order valence-corrected chi connectivity index (χ3v) is 3.70. The molecule has 0 saturated carbocycles. The van der Waals surface area contributed by atoms with Gasteiger partial charge in [0.15, 0.2) is 5.65 Å². The van der Waals surface area contributed by atoms with Crippen molar-refractivity contribution in [2.75, 3.05) is 36.5 Å². The number of morpholine rings is 1. The number of H-pyrrole nitrogens is 1. The van der Waals surface area contributed by atoms with Gasteiger partial charge in [-0.15, -0.1) is 0 Å². The second kappa shape index (κ2) is 5.81. The molecule has 1 aromatic carbocycles. The third-order valence-electron chi connectivity index (χ3n) is 3.70. The Bertz CT molecular complexity index is 812. The van der Waals surface area contributed by atoms with Crippen LogP contribution in [0.15, 0.2) is 30.5 Å². The molecule has 0 radical (unpaired) electrons. The predicted molar refractivity (Wildman–Crippen MR) is 84.4 cm³/mol. The number of anilines is 3. The van der Waals surface area contributed by atoms with Gasteiger partial charge in [0, 0.05) is 18.8 Å². The van der Waals surface area contributed by atoms with Gasteiger partial charge in [-0.05, 0) is 24.3 Å². The highest BCUT2D eigenvalue weighted by Gasteiger charge is 2.17. The molecule has 1 aliphatic heterocycles. The molecule has 23 heavy (non-hydrogen) atoms. The summed E-state index contributed by atoms with van der Waals surface area (Å²) in [5, 5.41) is 10.9. The molecule has 0 bridgehead atoms. The molecule has 118 valence electrons. The van der Waals surface area contributed by atoms with Crippen molar-refractivity contribution in [1.82, 2.24) is 20.2 Å². The van der Waals surface area contributed by atoms with Gasteiger partial charge in [0.05, 0.1) is 24.8 Å². The van der Waals surface area contributed by atoms with Crippen LogP contribution in [0, 0.1) is 5.82 Å². The highest BCUT2D eigenvalue weighted by molar-refractivity contribution is 5.89. The highest BCUT2D eigenvalue weighted by atomic mass is 19.1. The molecule has 2 N–H and O–H groups in total. The lowest BCUT2D eigenvalue weighted by Gasteiger charge is -2.27. The Morgan fingerprint density at radius 3 is 2.70 bits per heavy atom. The average Bonchev–Trinajstić information content (AvgIpc) is 3.06. The number of rotatable bonds is 3. The summed E-state index contributed by atoms with van der Waals surface area (Å²) in [4.78, 5) is 11.2. The fourth-order valence-corrected chi connectivity index (χ4v) is 2.49. The van der Waals surface area contributed by atoms with Crippen molar-refractivity contribution in [3.05, 3.63) is 36.3 Å². The second-order valence-electron chi connectivity index (χ2n) is 5.24. The average molecular weight is 314 g/mol. The molecule has 1 aliphatic rings. The third kappa shape index (κ3) is 2.80. The normalized spacial score (nSPS) is 15.1. The van der Waals surface area contributed by atoms with E-state index in [4.69, 9.17) is 4.74 Å². The smallest absolute Gasteiger partial charge is 0.229 e. The number of hydrogen-bond donors (Lipinski definition) is 2. The molecule has 7 nitrogen and oxygen atoms in total. The lowest BCUT2D eigenvalue weighted by Crippen LogP contribution is -2.37. The summed E-state index contributed by atoms with van der Waals surface area (Å²) >= 11 is 0. The topological polar surface area (TPSA) is 79.0 Å². The minimum Gasteiger partial charge on any atom is -0.378 e. The quantitative estimate of drug-likeness (QED) is 0.770. The van der Waals surface area contributed by atoms with Crippen LogP contribution in [0.25, 0.3) is 11.0 Å². The summed E-state index contributed by atoms with van der Waals surface area (Å²) in [6, 6.07) is 6.13. The molecule has 2 aromatic heterocycles. The lowest BCUT2D eigenvalue weighted by molar-refractivity contribution is 0.122. The molecule has 0 aliphatic carbocycles. The van der Waals surface area contributed by atoms with Crippen molar-refractivity contribution in [1.29, 1.82) is 0 Å². The number of hydrogen-bond acceptors (Lipinski definition) is 6. The molecule has 1 saturated heterocycles. The summed E-state index contributed by atoms with van der Waals surface area (Å²) in [6.45, 7) is 2.81. The van der Waals surface area contributed by atoms with E-state index < -0.39 is 0 Å². The minimum absolute atomic E-state index is 0.277. The van der Waals surface area contributed by atoms with Crippen LogP contribution in [-0.2, 0) is 4.74 Å². The fraction of sp³-hybridized carbons (Fsp3) is 0.267. The SMILES string of the molecule is Fc1ccc(Nc2nc(N3CCOCC3)nc3[nH]ncc23)cc1.